The second-order valence-electron chi connectivity index (χ2n) is 7.26. The van der Waals surface area contributed by atoms with Gasteiger partial charge in [0, 0.05) is 24.5 Å². The van der Waals surface area contributed by atoms with Crippen molar-refractivity contribution in [2.75, 3.05) is 11.9 Å². The second-order valence-corrected chi connectivity index (χ2v) is 7.26. The largest absolute Gasteiger partial charge is 0.352 e. The monoisotopic (exact) mass is 373 g/mol. The van der Waals surface area contributed by atoms with Crippen molar-refractivity contribution in [1.82, 2.24) is 10.3 Å². The number of nitrogens with zero attached hydrogens (tertiary/aromatic N) is 1. The first-order valence-electron chi connectivity index (χ1n) is 9.73. The number of rotatable bonds is 5. The summed E-state index contributed by atoms with van der Waals surface area (Å²) in [7, 11) is 0. The van der Waals surface area contributed by atoms with E-state index >= 15 is 0 Å². The maximum Gasteiger partial charge on any atom is 0.256 e. The van der Waals surface area contributed by atoms with Crippen molar-refractivity contribution in [2.45, 2.75) is 25.7 Å². The second kappa shape index (κ2) is 8.21. The van der Waals surface area contributed by atoms with Crippen LogP contribution in [0.25, 0.3) is 10.8 Å². The minimum Gasteiger partial charge on any atom is -0.352 e. The molecule has 2 N–H and O–H groups in total. The number of hydrogen-bond donors (Lipinski definition) is 2. The highest BCUT2D eigenvalue weighted by Crippen LogP contribution is 2.24. The van der Waals surface area contributed by atoms with Gasteiger partial charge < -0.3 is 10.6 Å². The molecule has 2 amide bonds. The third-order valence-electron chi connectivity index (χ3n) is 5.37. The van der Waals surface area contributed by atoms with Crippen molar-refractivity contribution >= 4 is 28.3 Å². The van der Waals surface area contributed by atoms with Gasteiger partial charge in [-0.05, 0) is 41.7 Å². The lowest BCUT2D eigenvalue weighted by Crippen LogP contribution is -2.29. The molecule has 4 rings (SSSR count). The predicted molar refractivity (Wildman–Crippen MR) is 110 cm³/mol. The normalized spacial score (nSPS) is 14.1. The van der Waals surface area contributed by atoms with E-state index in [0.29, 0.717) is 29.3 Å². The smallest absolute Gasteiger partial charge is 0.256 e. The number of benzene rings is 2. The van der Waals surface area contributed by atoms with E-state index in [1.165, 1.54) is 19.0 Å². The molecule has 2 aromatic carbocycles. The Kier molecular flexibility index (Phi) is 5.33. The number of carbonyl (C=O) groups excluding carboxylic acids is 2. The van der Waals surface area contributed by atoms with Crippen LogP contribution in [0.15, 0.2) is 60.9 Å². The highest BCUT2D eigenvalue weighted by Gasteiger charge is 2.19. The number of fused-ring (bicyclic) bond motifs is 1. The average molecular weight is 373 g/mol. The number of anilines is 1. The lowest BCUT2D eigenvalue weighted by molar-refractivity contribution is 0.0948. The van der Waals surface area contributed by atoms with E-state index in [1.54, 1.807) is 18.3 Å². The molecule has 0 bridgehead atoms. The fourth-order valence-electron chi connectivity index (χ4n) is 3.84. The number of aromatic nitrogens is 1. The highest BCUT2D eigenvalue weighted by atomic mass is 16.2. The Labute approximate surface area is 164 Å². The summed E-state index contributed by atoms with van der Waals surface area (Å²) in [6.07, 6.45) is 7.88. The van der Waals surface area contributed by atoms with Crippen LogP contribution in [0.3, 0.4) is 0 Å². The maximum absolute atomic E-state index is 12.9. The van der Waals surface area contributed by atoms with Gasteiger partial charge in [0.05, 0.1) is 11.3 Å². The summed E-state index contributed by atoms with van der Waals surface area (Å²) in [6.45, 7) is 0.671. The molecule has 1 aliphatic carbocycles. The van der Waals surface area contributed by atoms with Crippen molar-refractivity contribution in [3.63, 3.8) is 0 Å². The first-order valence-corrected chi connectivity index (χ1v) is 9.73. The summed E-state index contributed by atoms with van der Waals surface area (Å²) < 4.78 is 0. The van der Waals surface area contributed by atoms with E-state index in [4.69, 9.17) is 0 Å². The molecule has 5 heteroatoms. The van der Waals surface area contributed by atoms with Crippen molar-refractivity contribution in [1.29, 1.82) is 0 Å². The van der Waals surface area contributed by atoms with Gasteiger partial charge in [0.2, 0.25) is 0 Å². The van der Waals surface area contributed by atoms with Gasteiger partial charge >= 0.3 is 0 Å². The Hall–Kier alpha value is -3.21. The fraction of sp³-hybridized carbons (Fsp3) is 0.261. The highest BCUT2D eigenvalue weighted by molar-refractivity contribution is 6.14. The first-order chi connectivity index (χ1) is 13.7. The molecule has 1 aromatic heterocycles. The molecular formula is C23H23N3O2. The van der Waals surface area contributed by atoms with Crippen LogP contribution < -0.4 is 10.6 Å². The quantitative estimate of drug-likeness (QED) is 0.696. The Morgan fingerprint density at radius 3 is 2.57 bits per heavy atom. The molecule has 0 radical (unpaired) electrons. The van der Waals surface area contributed by atoms with Crippen LogP contribution in [-0.4, -0.2) is 23.3 Å². The van der Waals surface area contributed by atoms with Crippen molar-refractivity contribution in [2.24, 2.45) is 5.92 Å². The van der Waals surface area contributed by atoms with E-state index in [0.717, 1.165) is 23.6 Å². The lowest BCUT2D eigenvalue weighted by atomic mass is 10.0. The minimum atomic E-state index is -0.243. The Morgan fingerprint density at radius 1 is 0.929 bits per heavy atom. The van der Waals surface area contributed by atoms with Crippen molar-refractivity contribution in [3.8, 4) is 0 Å². The van der Waals surface area contributed by atoms with Gasteiger partial charge in [0.1, 0.15) is 0 Å². The fourth-order valence-corrected chi connectivity index (χ4v) is 3.84. The van der Waals surface area contributed by atoms with Crippen LogP contribution in [0.2, 0.25) is 0 Å². The zero-order chi connectivity index (χ0) is 19.3. The summed E-state index contributed by atoms with van der Waals surface area (Å²) >= 11 is 0. The van der Waals surface area contributed by atoms with E-state index in [-0.39, 0.29) is 11.8 Å². The molecule has 28 heavy (non-hydrogen) atoms. The predicted octanol–water partition coefficient (Wildman–Crippen LogP) is 4.41. The van der Waals surface area contributed by atoms with Crippen LogP contribution in [0.1, 0.15) is 46.4 Å². The van der Waals surface area contributed by atoms with E-state index < -0.39 is 0 Å². The molecule has 1 heterocycles. The zero-order valence-electron chi connectivity index (χ0n) is 15.7. The van der Waals surface area contributed by atoms with Crippen LogP contribution in [0.4, 0.5) is 5.69 Å². The molecule has 0 unspecified atom stereocenters. The maximum atomic E-state index is 12.9. The van der Waals surface area contributed by atoms with Crippen molar-refractivity contribution in [3.05, 3.63) is 72.1 Å². The molecule has 0 spiro atoms. The molecule has 142 valence electrons. The van der Waals surface area contributed by atoms with Gasteiger partial charge in [-0.3, -0.25) is 14.6 Å². The van der Waals surface area contributed by atoms with Gasteiger partial charge in [-0.15, -0.1) is 0 Å². The molecule has 0 atom stereocenters. The SMILES string of the molecule is O=C(NCC1CCCC1)c1cnccc1NC(=O)c1cccc2ccccc12. The van der Waals surface area contributed by atoms with Gasteiger partial charge in [-0.1, -0.05) is 49.2 Å². The average Bonchev–Trinajstić information content (AvgIpc) is 3.25. The lowest BCUT2D eigenvalue weighted by Gasteiger charge is -2.14. The molecule has 1 aliphatic rings. The molecule has 5 nitrogen and oxygen atoms in total. The van der Waals surface area contributed by atoms with Crippen LogP contribution in [0, 0.1) is 5.92 Å². The summed E-state index contributed by atoms with van der Waals surface area (Å²) in [5.74, 6) is 0.107. The molecule has 3 aromatic rings. The van der Waals surface area contributed by atoms with Crippen LogP contribution in [-0.2, 0) is 0 Å². The summed E-state index contributed by atoms with van der Waals surface area (Å²) in [5, 5.41) is 7.76. The van der Waals surface area contributed by atoms with Gasteiger partial charge in [-0.25, -0.2) is 0 Å². The summed E-state index contributed by atoms with van der Waals surface area (Å²) in [6, 6.07) is 15.0. The Morgan fingerprint density at radius 2 is 1.71 bits per heavy atom. The molecular weight excluding hydrogens is 350 g/mol. The van der Waals surface area contributed by atoms with Crippen LogP contribution in [0.5, 0.6) is 0 Å². The number of hydrogen-bond acceptors (Lipinski definition) is 3. The molecule has 1 fully saturated rings. The first kappa shape index (κ1) is 18.2. The van der Waals surface area contributed by atoms with E-state index in [1.807, 2.05) is 36.4 Å². The third-order valence-corrected chi connectivity index (χ3v) is 5.37. The topological polar surface area (TPSA) is 71.1 Å². The summed E-state index contributed by atoms with van der Waals surface area (Å²) in [5.41, 5.74) is 1.43. The zero-order valence-corrected chi connectivity index (χ0v) is 15.7. The summed E-state index contributed by atoms with van der Waals surface area (Å²) in [4.78, 5) is 29.6. The van der Waals surface area contributed by atoms with Gasteiger partial charge in [0.15, 0.2) is 0 Å². The minimum absolute atomic E-state index is 0.201. The van der Waals surface area contributed by atoms with Gasteiger partial charge in [0.25, 0.3) is 11.8 Å². The Bertz CT molecular complexity index is 1000. The molecule has 1 saturated carbocycles. The van der Waals surface area contributed by atoms with Gasteiger partial charge in [-0.2, -0.15) is 0 Å². The third kappa shape index (κ3) is 3.88. The van der Waals surface area contributed by atoms with Crippen LogP contribution >= 0.6 is 0 Å². The van der Waals surface area contributed by atoms with E-state index in [2.05, 4.69) is 15.6 Å². The number of amides is 2. The number of nitrogens with one attached hydrogen (secondary N) is 2. The number of pyridine rings is 1. The number of carbonyl (C=O) groups is 2. The van der Waals surface area contributed by atoms with E-state index in [9.17, 15) is 9.59 Å². The Balaban J connectivity index is 1.53. The molecule has 0 aliphatic heterocycles. The molecule has 0 saturated heterocycles. The van der Waals surface area contributed by atoms with Crippen molar-refractivity contribution < 1.29 is 9.59 Å². The standard InChI is InChI=1S/C23H23N3O2/c27-22(25-14-16-6-1-2-7-16)20-15-24-13-12-21(20)26-23(28)19-11-5-9-17-8-3-4-10-18(17)19/h3-5,8-13,15-16H,1-2,6-7,14H2,(H,25,27)(H,24,26,28).